The molecule has 5 heteroatoms. The maximum Gasteiger partial charge on any atom is 0.492 e. The molecule has 0 aliphatic rings. The van der Waals surface area contributed by atoms with Gasteiger partial charge in [-0.15, -0.1) is 0 Å². The highest BCUT2D eigenvalue weighted by Crippen LogP contribution is 2.45. The Labute approximate surface area is 282 Å². The highest BCUT2D eigenvalue weighted by atomic mass is 16.7. The van der Waals surface area contributed by atoms with Crippen LogP contribution >= 0.6 is 0 Å². The molecule has 6 rings (SSSR count). The third-order valence-corrected chi connectivity index (χ3v) is 8.71. The van der Waals surface area contributed by atoms with Gasteiger partial charge in [-0.1, -0.05) is 85.6 Å². The lowest BCUT2D eigenvalue weighted by molar-refractivity contribution is -0.849. The molecule has 4 nitrogen and oxygen atoms in total. The van der Waals surface area contributed by atoms with Crippen molar-refractivity contribution >= 4 is 39.6 Å². The van der Waals surface area contributed by atoms with E-state index in [1.165, 1.54) is 49.0 Å². The van der Waals surface area contributed by atoms with Crippen molar-refractivity contribution in [1.29, 1.82) is 0 Å². The molecule has 0 N–H and O–H groups in total. The van der Waals surface area contributed by atoms with Crippen molar-refractivity contribution in [2.45, 2.75) is 67.7 Å². The molecule has 0 atom stereocenters. The van der Waals surface area contributed by atoms with E-state index in [-0.39, 0.29) is 0 Å². The summed E-state index contributed by atoms with van der Waals surface area (Å²) in [6.07, 6.45) is 3.22. The van der Waals surface area contributed by atoms with Crippen molar-refractivity contribution in [3.05, 3.63) is 106 Å². The summed E-state index contributed by atoms with van der Waals surface area (Å²) >= 11 is 0. The monoisotopic (exact) mass is 627 g/mol. The number of quaternary nitrogens is 1. The minimum atomic E-state index is -1.68. The van der Waals surface area contributed by atoms with Gasteiger partial charge in [0.15, 0.2) is 0 Å². The molecule has 0 saturated carbocycles. The summed E-state index contributed by atoms with van der Waals surface area (Å²) in [5.74, 6) is 1.20. The topological polar surface area (TPSA) is 41.5 Å². The average Bonchev–Trinajstić information content (AvgIpc) is 2.98. The predicted molar refractivity (Wildman–Crippen MR) is 200 cm³/mol. The summed E-state index contributed by atoms with van der Waals surface area (Å²) < 4.78 is 13.0. The van der Waals surface area contributed by atoms with Crippen LogP contribution < -0.4 is 14.3 Å². The van der Waals surface area contributed by atoms with Gasteiger partial charge in [-0.2, -0.15) is 0 Å². The van der Waals surface area contributed by atoms with Gasteiger partial charge >= 0.3 is 7.32 Å². The fraction of sp³-hybridized carbons (Fsp3) is 0.333. The molecule has 0 bridgehead atoms. The van der Waals surface area contributed by atoms with E-state index in [1.54, 1.807) is 0 Å². The van der Waals surface area contributed by atoms with E-state index in [2.05, 4.69) is 104 Å². The van der Waals surface area contributed by atoms with Gasteiger partial charge in [0.05, 0.1) is 28.2 Å². The van der Waals surface area contributed by atoms with Crippen molar-refractivity contribution in [3.63, 3.8) is 0 Å². The zero-order valence-corrected chi connectivity index (χ0v) is 30.2. The zero-order valence-electron chi connectivity index (χ0n) is 30.2. The summed E-state index contributed by atoms with van der Waals surface area (Å²) in [5.41, 5.74) is 9.84. The summed E-state index contributed by atoms with van der Waals surface area (Å²) in [6.45, 7) is 14.5. The molecule has 0 saturated heterocycles. The van der Waals surface area contributed by atoms with Gasteiger partial charge in [-0.05, 0) is 131 Å². The molecule has 0 heterocycles. The summed E-state index contributed by atoms with van der Waals surface area (Å²) in [4.78, 5) is 0. The van der Waals surface area contributed by atoms with Gasteiger partial charge < -0.3 is 18.8 Å². The lowest BCUT2D eigenvalue weighted by atomic mass is 9.82. The minimum Gasteiger partial charge on any atom is -0.808 e. The van der Waals surface area contributed by atoms with Crippen molar-refractivity contribution in [2.75, 3.05) is 28.2 Å². The number of hydrogen-bond donors (Lipinski definition) is 0. The van der Waals surface area contributed by atoms with E-state index in [9.17, 15) is 5.02 Å². The average molecular weight is 628 g/mol. The van der Waals surface area contributed by atoms with E-state index >= 15 is 0 Å². The maximum absolute atomic E-state index is 13.3. The third kappa shape index (κ3) is 7.27. The first-order valence-corrected chi connectivity index (χ1v) is 16.8. The number of benzene rings is 6. The summed E-state index contributed by atoms with van der Waals surface area (Å²) in [6, 6.07) is 24.2. The molecule has 6 aromatic rings. The predicted octanol–water partition coefficient (Wildman–Crippen LogP) is 9.57. The highest BCUT2D eigenvalue weighted by Gasteiger charge is 2.22. The van der Waals surface area contributed by atoms with Crippen LogP contribution in [0.2, 0.25) is 0 Å². The Kier molecular flexibility index (Phi) is 9.91. The molecule has 0 radical (unpaired) electrons. The SMILES string of the molecule is CCCCc1cc2ccc3cccc4ccc(c1-c1c(C)cc(C)c(OB([O-])Oc5c(C)cc(C)cc5C)c1C)c2c34.C[N+](C)(C)C. The number of hydrogen-bond acceptors (Lipinski definition) is 3. The largest absolute Gasteiger partial charge is 0.808 e. The quantitative estimate of drug-likeness (QED) is 0.0959. The molecule has 0 fully saturated rings. The van der Waals surface area contributed by atoms with Gasteiger partial charge in [0, 0.05) is 0 Å². The van der Waals surface area contributed by atoms with Gasteiger partial charge in [0.1, 0.15) is 11.5 Å². The molecule has 0 amide bonds. The lowest BCUT2D eigenvalue weighted by Crippen LogP contribution is -2.44. The second-order valence-electron chi connectivity index (χ2n) is 14.6. The molecule has 0 unspecified atom stereocenters. The van der Waals surface area contributed by atoms with E-state index in [0.717, 1.165) is 57.1 Å². The molecular weight excluding hydrogens is 577 g/mol. The first kappa shape index (κ1) is 34.3. The first-order chi connectivity index (χ1) is 22.2. The van der Waals surface area contributed by atoms with Crippen LogP contribution in [0.1, 0.15) is 58.7 Å². The molecule has 6 aromatic carbocycles. The van der Waals surface area contributed by atoms with E-state index in [0.29, 0.717) is 11.5 Å². The Morgan fingerprint density at radius 1 is 0.638 bits per heavy atom. The first-order valence-electron chi connectivity index (χ1n) is 16.8. The molecule has 47 heavy (non-hydrogen) atoms. The van der Waals surface area contributed by atoms with Crippen LogP contribution in [0.15, 0.2) is 66.7 Å². The fourth-order valence-corrected chi connectivity index (χ4v) is 7.03. The molecule has 0 aliphatic heterocycles. The zero-order chi connectivity index (χ0) is 34.2. The van der Waals surface area contributed by atoms with E-state index in [1.807, 2.05) is 39.8 Å². The van der Waals surface area contributed by atoms with Crippen LogP contribution in [0, 0.1) is 41.5 Å². The van der Waals surface area contributed by atoms with Crippen molar-refractivity contribution in [3.8, 4) is 22.6 Å². The minimum absolute atomic E-state index is 0.594. The van der Waals surface area contributed by atoms with Crippen LogP contribution in [-0.4, -0.2) is 40.0 Å². The Balaban J connectivity index is 0.000000807. The summed E-state index contributed by atoms with van der Waals surface area (Å²) in [5, 5.41) is 21.0. The van der Waals surface area contributed by atoms with Gasteiger partial charge in [-0.3, -0.25) is 0 Å². The Morgan fingerprint density at radius 2 is 1.19 bits per heavy atom. The second-order valence-corrected chi connectivity index (χ2v) is 14.6. The second kappa shape index (κ2) is 13.6. The van der Waals surface area contributed by atoms with Crippen LogP contribution in [0.25, 0.3) is 43.4 Å². The van der Waals surface area contributed by atoms with Crippen molar-refractivity contribution in [2.24, 2.45) is 0 Å². The van der Waals surface area contributed by atoms with Crippen LogP contribution in [0.4, 0.5) is 0 Å². The Bertz CT molecular complexity index is 2010. The third-order valence-electron chi connectivity index (χ3n) is 8.71. The highest BCUT2D eigenvalue weighted by molar-refractivity contribution is 6.35. The number of aryl methyl sites for hydroxylation is 6. The van der Waals surface area contributed by atoms with Crippen LogP contribution in [-0.2, 0) is 6.42 Å². The van der Waals surface area contributed by atoms with E-state index < -0.39 is 7.32 Å². The standard InChI is InChI=1S/C38H38BO3.C4H12N/c1-8-9-11-30-21-31-15-14-28-12-10-13-29-16-17-32(36(31)34(28)29)35(30)33-23(3)20-26(6)38(27(33)7)42-39(40)41-37-24(4)18-22(2)19-25(37)5;1-5(2,3)4/h10,12-21H,8-9,11H2,1-7H3;1-4H3/q-1;+1. The molecule has 0 aliphatic carbocycles. The van der Waals surface area contributed by atoms with Crippen LogP contribution in [0.5, 0.6) is 11.5 Å². The maximum atomic E-state index is 13.3. The molecule has 0 spiro atoms. The molecule has 0 aromatic heterocycles. The lowest BCUT2D eigenvalue weighted by Gasteiger charge is -2.27. The van der Waals surface area contributed by atoms with Crippen molar-refractivity contribution < 1.29 is 18.8 Å². The molecule has 244 valence electrons. The number of rotatable bonds is 8. The Hall–Kier alpha value is -4.06. The Morgan fingerprint density at radius 3 is 1.81 bits per heavy atom. The summed E-state index contributed by atoms with van der Waals surface area (Å²) in [7, 11) is 6.82. The van der Waals surface area contributed by atoms with Crippen LogP contribution in [0.3, 0.4) is 0 Å². The van der Waals surface area contributed by atoms with Crippen molar-refractivity contribution in [1.82, 2.24) is 0 Å². The normalized spacial score (nSPS) is 11.7. The molecular formula is C42H50BNO3. The number of unbranched alkanes of at least 4 members (excludes halogenated alkanes) is 1. The number of nitrogens with zero attached hydrogens (tertiary/aromatic N) is 1. The van der Waals surface area contributed by atoms with Gasteiger partial charge in [-0.25, -0.2) is 0 Å². The fourth-order valence-electron chi connectivity index (χ4n) is 7.03. The van der Waals surface area contributed by atoms with Gasteiger partial charge in [0.2, 0.25) is 0 Å². The van der Waals surface area contributed by atoms with E-state index in [4.69, 9.17) is 9.31 Å². The van der Waals surface area contributed by atoms with Gasteiger partial charge in [0.25, 0.3) is 0 Å². The smallest absolute Gasteiger partial charge is 0.492 e.